The van der Waals surface area contributed by atoms with Gasteiger partial charge in [0.1, 0.15) is 12.7 Å². The zero-order chi connectivity index (χ0) is 12.4. The zero-order valence-corrected chi connectivity index (χ0v) is 9.26. The second-order valence-electron chi connectivity index (χ2n) is 3.45. The number of halogens is 1. The number of imidazole rings is 1. The Morgan fingerprint density at radius 3 is 2.88 bits per heavy atom. The normalized spacial score (nSPS) is 12.9. The molecule has 0 radical (unpaired) electrons. The fourth-order valence-corrected chi connectivity index (χ4v) is 1.49. The van der Waals surface area contributed by atoms with Gasteiger partial charge in [-0.05, 0) is 6.42 Å². The maximum atomic E-state index is 14.0. The first kappa shape index (κ1) is 11.5. The molecule has 2 aromatic heterocycles. The molecule has 3 N–H and O–H groups in total. The first-order valence-corrected chi connectivity index (χ1v) is 5.11. The monoisotopic (exact) mass is 237 g/mol. The van der Waals surface area contributed by atoms with Gasteiger partial charge in [0.2, 0.25) is 5.95 Å². The van der Waals surface area contributed by atoms with Crippen molar-refractivity contribution in [2.75, 3.05) is 12.3 Å². The van der Waals surface area contributed by atoms with Crippen molar-refractivity contribution in [3.05, 3.63) is 18.2 Å². The molecule has 17 heavy (non-hydrogen) atoms. The van der Waals surface area contributed by atoms with E-state index in [4.69, 9.17) is 10.8 Å². The minimum atomic E-state index is -0.574. The van der Waals surface area contributed by atoms with Crippen molar-refractivity contribution in [2.24, 2.45) is 0 Å². The van der Waals surface area contributed by atoms with Gasteiger partial charge < -0.3 is 10.8 Å². The van der Waals surface area contributed by atoms with Gasteiger partial charge in [-0.15, -0.1) is 0 Å². The smallest absolute Gasteiger partial charge is 0.202 e. The number of aromatic nitrogens is 4. The number of nitrogen functional groups attached to an aromatic ring is 1. The number of hydrogen-bond acceptors (Lipinski definition) is 5. The molecule has 90 valence electrons. The van der Waals surface area contributed by atoms with Crippen molar-refractivity contribution in [3.8, 4) is 0 Å². The van der Waals surface area contributed by atoms with Crippen LogP contribution in [-0.4, -0.2) is 31.2 Å². The standard InChI is InChI=1S/C10H12FN5O/c1-2-6(3-17)8(11)16-5-15-7-9(12)13-4-14-10(7)16/h4-5,17H,2-3H2,1H3,(H2,12,13,14)/b8-6-. The quantitative estimate of drug-likeness (QED) is 0.829. The van der Waals surface area contributed by atoms with Crippen LogP contribution in [0, 0.1) is 0 Å². The molecule has 0 spiro atoms. The lowest BCUT2D eigenvalue weighted by Gasteiger charge is -2.05. The lowest BCUT2D eigenvalue weighted by Crippen LogP contribution is -2.00. The Kier molecular flexibility index (Phi) is 3.01. The van der Waals surface area contributed by atoms with Crippen molar-refractivity contribution >= 4 is 22.9 Å². The van der Waals surface area contributed by atoms with Crippen molar-refractivity contribution in [3.63, 3.8) is 0 Å². The number of rotatable bonds is 3. The fourth-order valence-electron chi connectivity index (χ4n) is 1.49. The molecule has 0 aliphatic heterocycles. The Morgan fingerprint density at radius 2 is 2.24 bits per heavy atom. The van der Waals surface area contributed by atoms with Crippen LogP contribution in [-0.2, 0) is 0 Å². The van der Waals surface area contributed by atoms with E-state index in [1.165, 1.54) is 12.7 Å². The lowest BCUT2D eigenvalue weighted by molar-refractivity contribution is 0.325. The van der Waals surface area contributed by atoms with Crippen LogP contribution in [0.15, 0.2) is 18.2 Å². The van der Waals surface area contributed by atoms with Crippen LogP contribution in [0.1, 0.15) is 13.3 Å². The first-order valence-electron chi connectivity index (χ1n) is 5.11. The Morgan fingerprint density at radius 1 is 1.47 bits per heavy atom. The Bertz CT molecular complexity index is 571. The van der Waals surface area contributed by atoms with Crippen molar-refractivity contribution in [1.29, 1.82) is 0 Å². The summed E-state index contributed by atoms with van der Waals surface area (Å²) in [5, 5.41) is 9.03. The van der Waals surface area contributed by atoms with Crippen LogP contribution < -0.4 is 5.73 Å². The molecule has 2 aromatic rings. The van der Waals surface area contributed by atoms with Gasteiger partial charge in [-0.3, -0.25) is 4.57 Å². The van der Waals surface area contributed by atoms with Gasteiger partial charge in [-0.25, -0.2) is 15.0 Å². The molecule has 0 saturated heterocycles. The second kappa shape index (κ2) is 4.46. The Labute approximate surface area is 96.6 Å². The molecular weight excluding hydrogens is 225 g/mol. The van der Waals surface area contributed by atoms with Gasteiger partial charge in [-0.1, -0.05) is 6.92 Å². The van der Waals surface area contributed by atoms with E-state index in [-0.39, 0.29) is 23.6 Å². The average Bonchev–Trinajstić information content (AvgIpc) is 2.75. The highest BCUT2D eigenvalue weighted by atomic mass is 19.1. The van der Waals surface area contributed by atoms with Crippen molar-refractivity contribution in [1.82, 2.24) is 19.5 Å². The third-order valence-electron chi connectivity index (χ3n) is 2.48. The van der Waals surface area contributed by atoms with E-state index < -0.39 is 5.95 Å². The van der Waals surface area contributed by atoms with Gasteiger partial charge in [-0.2, -0.15) is 4.39 Å². The van der Waals surface area contributed by atoms with Gasteiger partial charge in [0, 0.05) is 5.57 Å². The summed E-state index contributed by atoms with van der Waals surface area (Å²) in [7, 11) is 0. The highest BCUT2D eigenvalue weighted by molar-refractivity contribution is 5.83. The summed E-state index contributed by atoms with van der Waals surface area (Å²) in [6.45, 7) is 1.41. The molecule has 2 heterocycles. The highest BCUT2D eigenvalue weighted by Gasteiger charge is 2.13. The van der Waals surface area contributed by atoms with E-state index >= 15 is 0 Å². The number of nitrogens with zero attached hydrogens (tertiary/aromatic N) is 4. The molecule has 7 heteroatoms. The molecule has 0 bridgehead atoms. The van der Waals surface area contributed by atoms with Gasteiger partial charge >= 0.3 is 0 Å². The molecule has 0 aliphatic carbocycles. The molecule has 0 atom stereocenters. The van der Waals surface area contributed by atoms with Crippen LogP contribution in [0.3, 0.4) is 0 Å². The zero-order valence-electron chi connectivity index (χ0n) is 9.26. The molecule has 2 rings (SSSR count). The number of fused-ring (bicyclic) bond motifs is 1. The van der Waals surface area contributed by atoms with Crippen LogP contribution >= 0.6 is 0 Å². The van der Waals surface area contributed by atoms with Crippen LogP contribution in [0.4, 0.5) is 10.2 Å². The van der Waals surface area contributed by atoms with E-state index in [0.717, 1.165) is 4.57 Å². The molecule has 0 saturated carbocycles. The van der Waals surface area contributed by atoms with Crippen LogP contribution in [0.2, 0.25) is 0 Å². The minimum absolute atomic E-state index is 0.198. The summed E-state index contributed by atoms with van der Waals surface area (Å²) in [5.74, 6) is -0.376. The Balaban J connectivity index is 2.65. The van der Waals surface area contributed by atoms with E-state index in [9.17, 15) is 4.39 Å². The molecule has 6 nitrogen and oxygen atoms in total. The van der Waals surface area contributed by atoms with Crippen LogP contribution in [0.5, 0.6) is 0 Å². The number of anilines is 1. The fraction of sp³-hybridized carbons (Fsp3) is 0.300. The number of aliphatic hydroxyl groups is 1. The molecule has 0 fully saturated rings. The average molecular weight is 237 g/mol. The predicted octanol–water partition coefficient (Wildman–Crippen LogP) is 0.949. The molecular formula is C10H12FN5O. The topological polar surface area (TPSA) is 89.8 Å². The third kappa shape index (κ3) is 1.84. The lowest BCUT2D eigenvalue weighted by atomic mass is 10.2. The van der Waals surface area contributed by atoms with Gasteiger partial charge in [0.25, 0.3) is 0 Å². The van der Waals surface area contributed by atoms with E-state index in [1.807, 2.05) is 0 Å². The summed E-state index contributed by atoms with van der Waals surface area (Å²) >= 11 is 0. The molecule has 0 amide bonds. The molecule has 0 aromatic carbocycles. The molecule has 0 unspecified atom stereocenters. The highest BCUT2D eigenvalue weighted by Crippen LogP contribution is 2.22. The summed E-state index contributed by atoms with van der Waals surface area (Å²) in [6, 6.07) is 0. The summed E-state index contributed by atoms with van der Waals surface area (Å²) in [6.07, 6.45) is 2.92. The summed E-state index contributed by atoms with van der Waals surface area (Å²) in [4.78, 5) is 11.6. The van der Waals surface area contributed by atoms with E-state index in [1.54, 1.807) is 6.92 Å². The van der Waals surface area contributed by atoms with Gasteiger partial charge in [0.15, 0.2) is 17.0 Å². The van der Waals surface area contributed by atoms with E-state index in [0.29, 0.717) is 11.9 Å². The minimum Gasteiger partial charge on any atom is -0.392 e. The second-order valence-corrected chi connectivity index (χ2v) is 3.45. The largest absolute Gasteiger partial charge is 0.392 e. The third-order valence-corrected chi connectivity index (χ3v) is 2.48. The summed E-state index contributed by atoms with van der Waals surface area (Å²) in [5.41, 5.74) is 6.51. The predicted molar refractivity (Wildman–Crippen MR) is 61.4 cm³/mol. The maximum Gasteiger partial charge on any atom is 0.202 e. The number of hydrogen-bond donors (Lipinski definition) is 2. The first-order chi connectivity index (χ1) is 8.19. The van der Waals surface area contributed by atoms with E-state index in [2.05, 4.69) is 15.0 Å². The Hall–Kier alpha value is -2.02. The maximum absolute atomic E-state index is 14.0. The number of nitrogens with two attached hydrogens (primary N) is 1. The SMILES string of the molecule is CC/C(CO)=C(\F)n1cnc2c(N)ncnc21. The van der Waals surface area contributed by atoms with Crippen molar-refractivity contribution < 1.29 is 9.50 Å². The summed E-state index contributed by atoms with van der Waals surface area (Å²) < 4.78 is 15.2. The number of aliphatic hydroxyl groups excluding tert-OH is 1. The van der Waals surface area contributed by atoms with Crippen LogP contribution in [0.25, 0.3) is 17.1 Å². The molecule has 0 aliphatic rings. The van der Waals surface area contributed by atoms with Crippen molar-refractivity contribution in [2.45, 2.75) is 13.3 Å². The van der Waals surface area contributed by atoms with Gasteiger partial charge in [0.05, 0.1) is 6.61 Å².